The molecule has 106 valence electrons. The van der Waals surface area contributed by atoms with E-state index in [1.807, 2.05) is 0 Å². The van der Waals surface area contributed by atoms with Crippen LogP contribution in [0.4, 0.5) is 14.5 Å². The summed E-state index contributed by atoms with van der Waals surface area (Å²) in [6.07, 6.45) is 0. The third-order valence-corrected chi connectivity index (χ3v) is 3.52. The largest absolute Gasteiger partial charge is 0.396 e. The van der Waals surface area contributed by atoms with Gasteiger partial charge >= 0.3 is 0 Å². The predicted octanol–water partition coefficient (Wildman–Crippen LogP) is 2.95. The van der Waals surface area contributed by atoms with Gasteiger partial charge in [0.25, 0.3) is 0 Å². The molecule has 1 heterocycles. The maximum atomic E-state index is 14.0. The van der Waals surface area contributed by atoms with Crippen molar-refractivity contribution in [2.75, 3.05) is 5.73 Å². The van der Waals surface area contributed by atoms with Gasteiger partial charge in [0.15, 0.2) is 5.82 Å². The summed E-state index contributed by atoms with van der Waals surface area (Å²) in [7, 11) is 0. The molecule has 0 atom stereocenters. The molecule has 0 aliphatic rings. The van der Waals surface area contributed by atoms with Crippen molar-refractivity contribution >= 4 is 21.6 Å². The summed E-state index contributed by atoms with van der Waals surface area (Å²) in [5.41, 5.74) is 6.00. The van der Waals surface area contributed by atoms with Gasteiger partial charge in [-0.05, 0) is 56.7 Å². The van der Waals surface area contributed by atoms with Crippen molar-refractivity contribution in [3.8, 4) is 17.1 Å². The molecule has 0 saturated carbocycles. The van der Waals surface area contributed by atoms with Crippen LogP contribution in [0.3, 0.4) is 0 Å². The smallest absolute Gasteiger partial charge is 0.187 e. The van der Waals surface area contributed by atoms with E-state index in [0.717, 1.165) is 0 Å². The Morgan fingerprint density at radius 3 is 2.62 bits per heavy atom. The minimum Gasteiger partial charge on any atom is -0.396 e. The molecule has 3 aromatic rings. The number of halogens is 3. The fourth-order valence-corrected chi connectivity index (χ4v) is 2.39. The highest BCUT2D eigenvalue weighted by Gasteiger charge is 2.17. The number of nitrogens with zero attached hydrogens (tertiary/aromatic N) is 4. The molecule has 21 heavy (non-hydrogen) atoms. The number of para-hydroxylation sites is 1. The quantitative estimate of drug-likeness (QED) is 0.720. The van der Waals surface area contributed by atoms with E-state index in [1.165, 1.54) is 22.9 Å². The molecule has 1 aromatic heterocycles. The van der Waals surface area contributed by atoms with Crippen LogP contribution in [0, 0.1) is 11.6 Å². The number of hydrogen-bond acceptors (Lipinski definition) is 4. The number of nitrogen functional groups attached to an aromatic ring is 1. The number of anilines is 1. The highest BCUT2D eigenvalue weighted by molar-refractivity contribution is 9.10. The van der Waals surface area contributed by atoms with Gasteiger partial charge in [0, 0.05) is 10.0 Å². The molecule has 0 aliphatic heterocycles. The molecule has 5 nitrogen and oxygen atoms in total. The molecule has 8 heteroatoms. The van der Waals surface area contributed by atoms with Gasteiger partial charge in [-0.15, -0.1) is 5.10 Å². The first-order valence-corrected chi connectivity index (χ1v) is 6.65. The summed E-state index contributed by atoms with van der Waals surface area (Å²) in [6.45, 7) is 0. The molecule has 2 aromatic carbocycles. The summed E-state index contributed by atoms with van der Waals surface area (Å²) >= 11 is 3.25. The average Bonchev–Trinajstić information content (AvgIpc) is 2.91. The molecule has 0 unspecified atom stereocenters. The van der Waals surface area contributed by atoms with Gasteiger partial charge in [0.1, 0.15) is 17.3 Å². The molecule has 0 bridgehead atoms. The molecule has 0 radical (unpaired) electrons. The first-order chi connectivity index (χ1) is 10.1. The number of benzene rings is 2. The molecule has 3 rings (SSSR count). The third kappa shape index (κ3) is 2.38. The maximum absolute atomic E-state index is 14.0. The minimum absolute atomic E-state index is 0.0184. The lowest BCUT2D eigenvalue weighted by molar-refractivity contribution is 0.606. The first kappa shape index (κ1) is 13.6. The molecule has 0 amide bonds. The first-order valence-electron chi connectivity index (χ1n) is 5.86. The van der Waals surface area contributed by atoms with Gasteiger partial charge in [0.2, 0.25) is 0 Å². The second kappa shape index (κ2) is 5.21. The van der Waals surface area contributed by atoms with E-state index in [4.69, 9.17) is 5.73 Å². The zero-order valence-electron chi connectivity index (χ0n) is 10.5. The molecule has 0 spiro atoms. The summed E-state index contributed by atoms with van der Waals surface area (Å²) in [5, 5.41) is 11.1. The van der Waals surface area contributed by atoms with Crippen LogP contribution in [0.15, 0.2) is 40.9 Å². The Hall–Kier alpha value is -2.35. The normalized spacial score (nSPS) is 10.8. The van der Waals surface area contributed by atoms with E-state index in [2.05, 4.69) is 31.5 Å². The van der Waals surface area contributed by atoms with Crippen molar-refractivity contribution in [3.05, 3.63) is 52.5 Å². The monoisotopic (exact) mass is 351 g/mol. The van der Waals surface area contributed by atoms with Crippen LogP contribution in [0.1, 0.15) is 0 Å². The van der Waals surface area contributed by atoms with Crippen LogP contribution >= 0.6 is 15.9 Å². The predicted molar refractivity (Wildman–Crippen MR) is 76.6 cm³/mol. The number of aromatic nitrogens is 4. The Kier molecular flexibility index (Phi) is 3.38. The van der Waals surface area contributed by atoms with Gasteiger partial charge in [-0.3, -0.25) is 0 Å². The SMILES string of the molecule is Nc1ccc(-c2nnnn2-c2c(F)cccc2Br)cc1F. The van der Waals surface area contributed by atoms with Crippen molar-refractivity contribution in [1.29, 1.82) is 0 Å². The van der Waals surface area contributed by atoms with Crippen LogP contribution in [0.5, 0.6) is 0 Å². The lowest BCUT2D eigenvalue weighted by atomic mass is 10.2. The molecular weight excluding hydrogens is 344 g/mol. The maximum Gasteiger partial charge on any atom is 0.187 e. The fourth-order valence-electron chi connectivity index (χ4n) is 1.88. The molecule has 2 N–H and O–H groups in total. The van der Waals surface area contributed by atoms with Crippen molar-refractivity contribution in [2.24, 2.45) is 0 Å². The van der Waals surface area contributed by atoms with Crippen LogP contribution in [0.2, 0.25) is 0 Å². The van der Waals surface area contributed by atoms with Gasteiger partial charge in [0.05, 0.1) is 5.69 Å². The van der Waals surface area contributed by atoms with E-state index in [-0.39, 0.29) is 17.2 Å². The lowest BCUT2D eigenvalue weighted by Crippen LogP contribution is -2.04. The third-order valence-electron chi connectivity index (χ3n) is 2.88. The second-order valence-electron chi connectivity index (χ2n) is 4.22. The molecule has 0 saturated heterocycles. The van der Waals surface area contributed by atoms with Crippen molar-refractivity contribution in [2.45, 2.75) is 0 Å². The average molecular weight is 352 g/mol. The Balaban J connectivity index is 2.20. The van der Waals surface area contributed by atoms with E-state index in [1.54, 1.807) is 18.2 Å². The van der Waals surface area contributed by atoms with Crippen molar-refractivity contribution in [1.82, 2.24) is 20.2 Å². The fraction of sp³-hybridized carbons (Fsp3) is 0. The van der Waals surface area contributed by atoms with Gasteiger partial charge in [-0.1, -0.05) is 6.07 Å². The Morgan fingerprint density at radius 1 is 1.10 bits per heavy atom. The minimum atomic E-state index is -0.588. The van der Waals surface area contributed by atoms with E-state index >= 15 is 0 Å². The van der Waals surface area contributed by atoms with Crippen LogP contribution in [0.25, 0.3) is 17.1 Å². The Morgan fingerprint density at radius 2 is 1.90 bits per heavy atom. The topological polar surface area (TPSA) is 69.6 Å². The molecule has 0 fully saturated rings. The van der Waals surface area contributed by atoms with Gasteiger partial charge in [-0.2, -0.15) is 4.68 Å². The van der Waals surface area contributed by atoms with Crippen molar-refractivity contribution < 1.29 is 8.78 Å². The molecule has 0 aliphatic carbocycles. The van der Waals surface area contributed by atoms with Crippen LogP contribution in [-0.4, -0.2) is 20.2 Å². The summed E-state index contributed by atoms with van der Waals surface area (Å²) in [4.78, 5) is 0. The number of rotatable bonds is 2. The number of tetrazole rings is 1. The highest BCUT2D eigenvalue weighted by Crippen LogP contribution is 2.28. The number of hydrogen-bond donors (Lipinski definition) is 1. The summed E-state index contributed by atoms with van der Waals surface area (Å²) < 4.78 is 29.3. The Bertz CT molecular complexity index is 798. The van der Waals surface area contributed by atoms with E-state index in [9.17, 15) is 8.78 Å². The van der Waals surface area contributed by atoms with Crippen molar-refractivity contribution in [3.63, 3.8) is 0 Å². The molecular formula is C13H8BrF2N5. The standard InChI is InChI=1S/C13H8BrF2N5/c14-8-2-1-3-9(15)12(8)21-13(18-19-20-21)7-4-5-11(17)10(16)6-7/h1-6H,17H2. The van der Waals surface area contributed by atoms with Gasteiger partial charge < -0.3 is 5.73 Å². The van der Waals surface area contributed by atoms with E-state index < -0.39 is 11.6 Å². The summed E-state index contributed by atoms with van der Waals surface area (Å²) in [5.74, 6) is -0.886. The zero-order chi connectivity index (χ0) is 15.0. The summed E-state index contributed by atoms with van der Waals surface area (Å²) in [6, 6.07) is 8.67. The van der Waals surface area contributed by atoms with Crippen LogP contribution in [-0.2, 0) is 0 Å². The second-order valence-corrected chi connectivity index (χ2v) is 5.08. The van der Waals surface area contributed by atoms with Crippen LogP contribution < -0.4 is 5.73 Å². The van der Waals surface area contributed by atoms with E-state index in [0.29, 0.717) is 10.0 Å². The highest BCUT2D eigenvalue weighted by atomic mass is 79.9. The number of nitrogens with two attached hydrogens (primary N) is 1. The van der Waals surface area contributed by atoms with Gasteiger partial charge in [-0.25, -0.2) is 8.78 Å². The Labute approximate surface area is 126 Å². The zero-order valence-corrected chi connectivity index (χ0v) is 12.1. The lowest BCUT2D eigenvalue weighted by Gasteiger charge is -2.08.